The van der Waals surface area contributed by atoms with Crippen molar-refractivity contribution in [2.24, 2.45) is 0 Å². The van der Waals surface area contributed by atoms with Crippen LogP contribution in [0, 0.1) is 0 Å². The molecule has 0 saturated heterocycles. The van der Waals surface area contributed by atoms with E-state index in [2.05, 4.69) is 48.9 Å². The van der Waals surface area contributed by atoms with Crippen LogP contribution in [0.1, 0.15) is 36.2 Å². The van der Waals surface area contributed by atoms with E-state index in [9.17, 15) is 0 Å². The second-order valence-corrected chi connectivity index (χ2v) is 6.03. The van der Waals surface area contributed by atoms with E-state index in [4.69, 9.17) is 0 Å². The summed E-state index contributed by atoms with van der Waals surface area (Å²) < 4.78 is 0. The molecule has 0 unspecified atom stereocenters. The number of nitrogens with zero attached hydrogens (tertiary/aromatic N) is 2. The van der Waals surface area contributed by atoms with E-state index in [1.165, 1.54) is 9.75 Å². The van der Waals surface area contributed by atoms with Crippen LogP contribution < -0.4 is 0 Å². The van der Waals surface area contributed by atoms with Gasteiger partial charge in [0, 0.05) is 16.0 Å². The first kappa shape index (κ1) is 12.0. The Kier molecular flexibility index (Phi) is 3.38. The van der Waals surface area contributed by atoms with Crippen molar-refractivity contribution in [2.45, 2.75) is 26.2 Å². The number of hydrogen-bond acceptors (Lipinski definition) is 3. The molecule has 2 aromatic heterocycles. The summed E-state index contributed by atoms with van der Waals surface area (Å²) in [7, 11) is 0. The number of rotatable bonds is 2. The van der Waals surface area contributed by atoms with E-state index >= 15 is 0 Å². The maximum Gasteiger partial charge on any atom is 0.115 e. The maximum atomic E-state index is 4.16. The van der Waals surface area contributed by atoms with Crippen LogP contribution in [0.3, 0.4) is 0 Å². The van der Waals surface area contributed by atoms with Crippen LogP contribution in [0.15, 0.2) is 30.7 Å². The minimum atomic E-state index is 0.228. The predicted octanol–water partition coefficient (Wildman–Crippen LogP) is 4.01. The summed E-state index contributed by atoms with van der Waals surface area (Å²) in [5.74, 6) is 0. The summed E-state index contributed by atoms with van der Waals surface area (Å²) in [5, 5.41) is 0. The van der Waals surface area contributed by atoms with E-state index in [0.29, 0.717) is 0 Å². The van der Waals surface area contributed by atoms with Crippen LogP contribution in [0.5, 0.6) is 0 Å². The molecule has 0 atom stereocenters. The van der Waals surface area contributed by atoms with Crippen LogP contribution in [0.4, 0.5) is 0 Å². The summed E-state index contributed by atoms with van der Waals surface area (Å²) in [6, 6.07) is 6.25. The third-order valence-corrected chi connectivity index (χ3v) is 3.87. The Bertz CT molecular complexity index is 507. The Balaban J connectivity index is 2.15. The first-order chi connectivity index (χ1) is 8.05. The fourth-order valence-electron chi connectivity index (χ4n) is 1.41. The lowest BCUT2D eigenvalue weighted by atomic mass is 9.95. The molecule has 0 bridgehead atoms. The summed E-state index contributed by atoms with van der Waals surface area (Å²) >= 11 is 1.83. The molecule has 88 valence electrons. The van der Waals surface area contributed by atoms with Crippen molar-refractivity contribution in [3.05, 3.63) is 46.2 Å². The second kappa shape index (κ2) is 4.80. The monoisotopic (exact) mass is 244 g/mol. The van der Waals surface area contributed by atoms with Gasteiger partial charge >= 0.3 is 0 Å². The summed E-state index contributed by atoms with van der Waals surface area (Å²) in [4.78, 5) is 10.7. The molecule has 2 nitrogen and oxygen atoms in total. The van der Waals surface area contributed by atoms with Gasteiger partial charge in [-0.25, -0.2) is 9.97 Å². The Morgan fingerprint density at radius 3 is 2.53 bits per heavy atom. The zero-order chi connectivity index (χ0) is 12.3. The van der Waals surface area contributed by atoms with Gasteiger partial charge in [0.05, 0.1) is 5.69 Å². The molecule has 0 aliphatic carbocycles. The molecule has 2 heterocycles. The summed E-state index contributed by atoms with van der Waals surface area (Å²) in [5.41, 5.74) is 1.16. The number of aromatic nitrogens is 2. The van der Waals surface area contributed by atoms with Crippen LogP contribution in [0.25, 0.3) is 12.2 Å². The predicted molar refractivity (Wildman–Crippen MR) is 74.0 cm³/mol. The zero-order valence-corrected chi connectivity index (χ0v) is 11.2. The molecular weight excluding hydrogens is 228 g/mol. The smallest absolute Gasteiger partial charge is 0.115 e. The van der Waals surface area contributed by atoms with Crippen molar-refractivity contribution in [1.29, 1.82) is 0 Å². The normalized spacial score (nSPS) is 12.2. The molecule has 0 saturated carbocycles. The largest absolute Gasteiger partial charge is 0.245 e. The molecule has 0 amide bonds. The van der Waals surface area contributed by atoms with Gasteiger partial charge < -0.3 is 0 Å². The highest BCUT2D eigenvalue weighted by Gasteiger charge is 2.15. The minimum absolute atomic E-state index is 0.228. The van der Waals surface area contributed by atoms with Crippen molar-refractivity contribution in [1.82, 2.24) is 9.97 Å². The molecule has 0 N–H and O–H groups in total. The van der Waals surface area contributed by atoms with Gasteiger partial charge in [0.2, 0.25) is 0 Å². The molecule has 2 rings (SSSR count). The minimum Gasteiger partial charge on any atom is -0.245 e. The Morgan fingerprint density at radius 2 is 1.94 bits per heavy atom. The highest BCUT2D eigenvalue weighted by Crippen LogP contribution is 2.30. The van der Waals surface area contributed by atoms with Gasteiger partial charge in [-0.1, -0.05) is 20.8 Å². The molecule has 0 spiro atoms. The molecule has 0 fully saturated rings. The lowest BCUT2D eigenvalue weighted by Gasteiger charge is -2.15. The van der Waals surface area contributed by atoms with Crippen molar-refractivity contribution < 1.29 is 0 Å². The third kappa shape index (κ3) is 3.24. The van der Waals surface area contributed by atoms with Gasteiger partial charge in [-0.05, 0) is 35.8 Å². The van der Waals surface area contributed by atoms with Crippen molar-refractivity contribution in [3.8, 4) is 0 Å². The highest BCUT2D eigenvalue weighted by molar-refractivity contribution is 7.13. The van der Waals surface area contributed by atoms with Gasteiger partial charge in [0.25, 0.3) is 0 Å². The average Bonchev–Trinajstić information content (AvgIpc) is 2.76. The Labute approximate surface area is 106 Å². The van der Waals surface area contributed by atoms with E-state index in [-0.39, 0.29) is 5.41 Å². The third-order valence-electron chi connectivity index (χ3n) is 2.39. The highest BCUT2D eigenvalue weighted by atomic mass is 32.1. The maximum absolute atomic E-state index is 4.16. The van der Waals surface area contributed by atoms with Crippen LogP contribution >= 0.6 is 11.3 Å². The van der Waals surface area contributed by atoms with Crippen LogP contribution in [0.2, 0.25) is 0 Å². The van der Waals surface area contributed by atoms with Crippen molar-refractivity contribution in [2.75, 3.05) is 0 Å². The molecule has 3 heteroatoms. The SMILES string of the molecule is CC(C)(C)c1ccc(C=Cc2ccncn2)s1. The quantitative estimate of drug-likeness (QED) is 0.797. The first-order valence-corrected chi connectivity index (χ1v) is 6.42. The fourth-order valence-corrected chi connectivity index (χ4v) is 2.38. The standard InChI is InChI=1S/C14H16N2S/c1-14(2,3)13-7-6-12(17-13)5-4-11-8-9-15-10-16-11/h4-10H,1-3H3. The van der Waals surface area contributed by atoms with Gasteiger partial charge in [0.1, 0.15) is 6.33 Å². The van der Waals surface area contributed by atoms with Gasteiger partial charge in [-0.15, -0.1) is 11.3 Å². The number of thiophene rings is 1. The van der Waals surface area contributed by atoms with Crippen LogP contribution in [-0.4, -0.2) is 9.97 Å². The van der Waals surface area contributed by atoms with E-state index < -0.39 is 0 Å². The number of hydrogen-bond donors (Lipinski definition) is 0. The lowest BCUT2D eigenvalue weighted by Crippen LogP contribution is -2.07. The summed E-state index contributed by atoms with van der Waals surface area (Å²) in [6.45, 7) is 6.70. The molecule has 2 aromatic rings. The second-order valence-electron chi connectivity index (χ2n) is 4.92. The van der Waals surface area contributed by atoms with Gasteiger partial charge in [0.15, 0.2) is 0 Å². The van der Waals surface area contributed by atoms with Crippen molar-refractivity contribution in [3.63, 3.8) is 0 Å². The molecule has 17 heavy (non-hydrogen) atoms. The van der Waals surface area contributed by atoms with Gasteiger partial charge in [-0.3, -0.25) is 0 Å². The van der Waals surface area contributed by atoms with E-state index in [1.54, 1.807) is 12.5 Å². The van der Waals surface area contributed by atoms with E-state index in [1.807, 2.05) is 23.5 Å². The van der Waals surface area contributed by atoms with Gasteiger partial charge in [-0.2, -0.15) is 0 Å². The zero-order valence-electron chi connectivity index (χ0n) is 10.3. The molecular formula is C14H16N2S. The van der Waals surface area contributed by atoms with Crippen molar-refractivity contribution >= 4 is 23.5 Å². The Morgan fingerprint density at radius 1 is 1.12 bits per heavy atom. The fraction of sp³-hybridized carbons (Fsp3) is 0.286. The molecule has 0 aliphatic rings. The average molecular weight is 244 g/mol. The molecule has 0 aliphatic heterocycles. The Hall–Kier alpha value is -1.48. The molecule has 0 aromatic carbocycles. The lowest BCUT2D eigenvalue weighted by molar-refractivity contribution is 0.604. The topological polar surface area (TPSA) is 25.8 Å². The first-order valence-electron chi connectivity index (χ1n) is 5.60. The molecule has 0 radical (unpaired) electrons. The summed E-state index contributed by atoms with van der Waals surface area (Å²) in [6.07, 6.45) is 7.43. The van der Waals surface area contributed by atoms with E-state index in [0.717, 1.165) is 5.69 Å². The van der Waals surface area contributed by atoms with Crippen LogP contribution in [-0.2, 0) is 5.41 Å².